The van der Waals surface area contributed by atoms with Gasteiger partial charge in [0.25, 0.3) is 0 Å². The Morgan fingerprint density at radius 3 is 2.03 bits per heavy atom. The van der Waals surface area contributed by atoms with Gasteiger partial charge >= 0.3 is 0 Å². The van der Waals surface area contributed by atoms with Crippen molar-refractivity contribution in [1.82, 2.24) is 9.97 Å². The van der Waals surface area contributed by atoms with Crippen molar-refractivity contribution in [2.75, 3.05) is 26.6 Å². The SMILES string of the molecule is COc1cc(C(=O)c2cc(-c3cncnc3)ccc2NC(C)=O)cc(OC)c1OC. The van der Waals surface area contributed by atoms with E-state index in [1.165, 1.54) is 34.6 Å². The summed E-state index contributed by atoms with van der Waals surface area (Å²) in [5.41, 5.74) is 2.49. The van der Waals surface area contributed by atoms with Gasteiger partial charge in [-0.3, -0.25) is 9.59 Å². The fourth-order valence-corrected chi connectivity index (χ4v) is 3.03. The molecule has 2 aromatic carbocycles. The summed E-state index contributed by atoms with van der Waals surface area (Å²) >= 11 is 0. The smallest absolute Gasteiger partial charge is 0.221 e. The van der Waals surface area contributed by atoms with E-state index in [2.05, 4.69) is 15.3 Å². The highest BCUT2D eigenvalue weighted by atomic mass is 16.5. The third-order valence-corrected chi connectivity index (χ3v) is 4.40. The topological polar surface area (TPSA) is 99.6 Å². The Bertz CT molecular complexity index is 1060. The number of benzene rings is 2. The summed E-state index contributed by atoms with van der Waals surface area (Å²) in [7, 11) is 4.44. The number of carbonyl (C=O) groups excluding carboxylic acids is 2. The van der Waals surface area contributed by atoms with Crippen LogP contribution in [0, 0.1) is 0 Å². The monoisotopic (exact) mass is 407 g/mol. The first kappa shape index (κ1) is 20.8. The summed E-state index contributed by atoms with van der Waals surface area (Å²) in [5.74, 6) is 0.484. The Kier molecular flexibility index (Phi) is 6.26. The highest BCUT2D eigenvalue weighted by Gasteiger charge is 2.21. The molecule has 3 aromatic rings. The molecular formula is C22H21N3O5. The molecular weight excluding hydrogens is 386 g/mol. The second-order valence-corrected chi connectivity index (χ2v) is 6.31. The molecule has 0 spiro atoms. The Morgan fingerprint density at radius 1 is 0.867 bits per heavy atom. The molecule has 30 heavy (non-hydrogen) atoms. The molecule has 0 saturated heterocycles. The maximum absolute atomic E-state index is 13.4. The lowest BCUT2D eigenvalue weighted by Gasteiger charge is -2.15. The Labute approximate surface area is 173 Å². The number of nitrogens with one attached hydrogen (secondary N) is 1. The first-order chi connectivity index (χ1) is 14.5. The summed E-state index contributed by atoms with van der Waals surface area (Å²) in [5, 5.41) is 2.70. The number of methoxy groups -OCH3 is 3. The summed E-state index contributed by atoms with van der Waals surface area (Å²) < 4.78 is 16.0. The lowest BCUT2D eigenvalue weighted by Crippen LogP contribution is -2.12. The number of ketones is 1. The van der Waals surface area contributed by atoms with Crippen molar-refractivity contribution in [2.24, 2.45) is 0 Å². The van der Waals surface area contributed by atoms with Crippen LogP contribution in [0.15, 0.2) is 49.1 Å². The minimum absolute atomic E-state index is 0.287. The molecule has 8 nitrogen and oxygen atoms in total. The zero-order valence-corrected chi connectivity index (χ0v) is 17.1. The van der Waals surface area contributed by atoms with Gasteiger partial charge < -0.3 is 19.5 Å². The van der Waals surface area contributed by atoms with Gasteiger partial charge in [-0.2, -0.15) is 0 Å². The van der Waals surface area contributed by atoms with Gasteiger partial charge in [-0.15, -0.1) is 0 Å². The molecule has 0 radical (unpaired) electrons. The molecule has 0 unspecified atom stereocenters. The van der Waals surface area contributed by atoms with Crippen molar-refractivity contribution >= 4 is 17.4 Å². The van der Waals surface area contributed by atoms with E-state index in [9.17, 15) is 9.59 Å². The average molecular weight is 407 g/mol. The number of amides is 1. The van der Waals surface area contributed by atoms with E-state index in [0.717, 1.165) is 11.1 Å². The standard InChI is InChI=1S/C22H21N3O5/c1-13(26)25-18-6-5-14(16-10-23-12-24-11-16)7-17(18)21(27)15-8-19(28-2)22(30-4)20(9-15)29-3/h5-12H,1-4H3,(H,25,26). The van der Waals surface area contributed by atoms with Gasteiger partial charge in [0, 0.05) is 36.0 Å². The molecule has 0 aliphatic carbocycles. The minimum atomic E-state index is -0.322. The molecule has 1 heterocycles. The third kappa shape index (κ3) is 4.22. The van der Waals surface area contributed by atoms with Crippen LogP contribution in [0.3, 0.4) is 0 Å². The molecule has 1 N–H and O–H groups in total. The maximum atomic E-state index is 13.4. The number of hydrogen-bond donors (Lipinski definition) is 1. The van der Waals surface area contributed by atoms with E-state index < -0.39 is 0 Å². The van der Waals surface area contributed by atoms with Gasteiger partial charge in [0.2, 0.25) is 11.7 Å². The van der Waals surface area contributed by atoms with Crippen LogP contribution in [0.5, 0.6) is 17.2 Å². The maximum Gasteiger partial charge on any atom is 0.221 e. The molecule has 8 heteroatoms. The van der Waals surface area contributed by atoms with Gasteiger partial charge in [0.05, 0.1) is 27.0 Å². The Morgan fingerprint density at radius 2 is 1.50 bits per heavy atom. The number of rotatable bonds is 7. The minimum Gasteiger partial charge on any atom is -0.493 e. The molecule has 1 amide bonds. The van der Waals surface area contributed by atoms with Crippen LogP contribution in [0.4, 0.5) is 5.69 Å². The zero-order chi connectivity index (χ0) is 21.7. The van der Waals surface area contributed by atoms with Crippen LogP contribution in [-0.4, -0.2) is 43.0 Å². The lowest BCUT2D eigenvalue weighted by molar-refractivity contribution is -0.114. The predicted molar refractivity (Wildman–Crippen MR) is 111 cm³/mol. The number of aromatic nitrogens is 2. The largest absolute Gasteiger partial charge is 0.493 e. The van der Waals surface area contributed by atoms with Crippen LogP contribution in [0.1, 0.15) is 22.8 Å². The van der Waals surface area contributed by atoms with Gasteiger partial charge in [-0.25, -0.2) is 9.97 Å². The van der Waals surface area contributed by atoms with Crippen LogP contribution < -0.4 is 19.5 Å². The normalized spacial score (nSPS) is 10.3. The lowest BCUT2D eigenvalue weighted by atomic mass is 9.97. The van der Waals surface area contributed by atoms with Crippen LogP contribution in [0.2, 0.25) is 0 Å². The summed E-state index contributed by atoms with van der Waals surface area (Å²) in [6.07, 6.45) is 4.72. The van der Waals surface area contributed by atoms with Crippen LogP contribution in [-0.2, 0) is 4.79 Å². The molecule has 3 rings (SSSR count). The third-order valence-electron chi connectivity index (χ3n) is 4.40. The van der Waals surface area contributed by atoms with Crippen molar-refractivity contribution in [2.45, 2.75) is 6.92 Å². The molecule has 0 atom stereocenters. The fourth-order valence-electron chi connectivity index (χ4n) is 3.03. The number of ether oxygens (including phenoxy) is 3. The predicted octanol–water partition coefficient (Wildman–Crippen LogP) is 3.36. The van der Waals surface area contributed by atoms with Crippen molar-refractivity contribution in [3.8, 4) is 28.4 Å². The van der Waals surface area contributed by atoms with Gasteiger partial charge in [-0.05, 0) is 29.8 Å². The van der Waals surface area contributed by atoms with E-state index >= 15 is 0 Å². The van der Waals surface area contributed by atoms with Crippen molar-refractivity contribution in [1.29, 1.82) is 0 Å². The van der Waals surface area contributed by atoms with Crippen LogP contribution in [0.25, 0.3) is 11.1 Å². The second kappa shape index (κ2) is 9.04. The summed E-state index contributed by atoms with van der Waals surface area (Å²) in [6, 6.07) is 8.29. The van der Waals surface area contributed by atoms with E-state index in [1.807, 2.05) is 0 Å². The summed E-state index contributed by atoms with van der Waals surface area (Å²) in [6.45, 7) is 1.38. The number of nitrogens with zero attached hydrogens (tertiary/aromatic N) is 2. The van der Waals surface area contributed by atoms with Crippen molar-refractivity contribution in [3.05, 3.63) is 60.2 Å². The van der Waals surface area contributed by atoms with Crippen molar-refractivity contribution in [3.63, 3.8) is 0 Å². The van der Waals surface area contributed by atoms with Crippen molar-refractivity contribution < 1.29 is 23.8 Å². The zero-order valence-electron chi connectivity index (χ0n) is 17.1. The molecule has 0 fully saturated rings. The summed E-state index contributed by atoms with van der Waals surface area (Å²) in [4.78, 5) is 33.1. The van der Waals surface area contributed by atoms with E-state index in [0.29, 0.717) is 34.1 Å². The quantitative estimate of drug-likeness (QED) is 0.600. The fraction of sp³-hybridized carbons (Fsp3) is 0.182. The number of anilines is 1. The van der Waals surface area contributed by atoms with Gasteiger partial charge in [-0.1, -0.05) is 6.07 Å². The first-order valence-electron chi connectivity index (χ1n) is 9.00. The Hall–Kier alpha value is -3.94. The highest BCUT2D eigenvalue weighted by Crippen LogP contribution is 2.39. The van der Waals surface area contributed by atoms with E-state index in [1.54, 1.807) is 42.7 Å². The van der Waals surface area contributed by atoms with Gasteiger partial charge in [0.1, 0.15) is 6.33 Å². The first-order valence-corrected chi connectivity index (χ1v) is 9.00. The molecule has 0 aliphatic heterocycles. The molecule has 1 aromatic heterocycles. The molecule has 0 saturated carbocycles. The molecule has 0 aliphatic rings. The van der Waals surface area contributed by atoms with E-state index in [4.69, 9.17) is 14.2 Å². The van der Waals surface area contributed by atoms with E-state index in [-0.39, 0.29) is 11.7 Å². The highest BCUT2D eigenvalue weighted by molar-refractivity contribution is 6.14. The number of carbonyl (C=O) groups is 2. The molecule has 0 bridgehead atoms. The molecule has 154 valence electrons. The Balaban J connectivity index is 2.15. The van der Waals surface area contributed by atoms with Crippen LogP contribution >= 0.6 is 0 Å². The van der Waals surface area contributed by atoms with Gasteiger partial charge in [0.15, 0.2) is 17.3 Å². The average Bonchev–Trinajstić information content (AvgIpc) is 2.78. The second-order valence-electron chi connectivity index (χ2n) is 6.31. The number of hydrogen-bond acceptors (Lipinski definition) is 7.